The van der Waals surface area contributed by atoms with E-state index >= 15 is 0 Å². The summed E-state index contributed by atoms with van der Waals surface area (Å²) in [5, 5.41) is 12.8. The molecule has 0 unspecified atom stereocenters. The molecule has 2 aromatic carbocycles. The van der Waals surface area contributed by atoms with Crippen LogP contribution in [-0.2, 0) is 0 Å². The van der Waals surface area contributed by atoms with Crippen molar-refractivity contribution >= 4 is 29.2 Å². The van der Waals surface area contributed by atoms with Gasteiger partial charge in [-0.15, -0.1) is 22.0 Å². The molecule has 0 aliphatic carbocycles. The van der Waals surface area contributed by atoms with Crippen LogP contribution in [0.1, 0.15) is 25.1 Å². The Morgan fingerprint density at radius 3 is 2.67 bits per heavy atom. The van der Waals surface area contributed by atoms with Gasteiger partial charge in [0.25, 0.3) is 0 Å². The van der Waals surface area contributed by atoms with Gasteiger partial charge in [-0.3, -0.25) is 0 Å². The molecule has 1 aromatic heterocycles. The van der Waals surface area contributed by atoms with Crippen LogP contribution in [0.3, 0.4) is 0 Å². The first-order valence-electron chi connectivity index (χ1n) is 8.82. The highest BCUT2D eigenvalue weighted by molar-refractivity contribution is 7.99. The second kappa shape index (κ2) is 8.19. The molecule has 1 aliphatic rings. The fourth-order valence-electron chi connectivity index (χ4n) is 2.83. The van der Waals surface area contributed by atoms with Crippen molar-refractivity contribution in [2.75, 3.05) is 17.3 Å². The fraction of sp³-hybridized carbons (Fsp3) is 0.250. The number of hydrogen-bond donors (Lipinski definition) is 1. The lowest BCUT2D eigenvalue weighted by Crippen LogP contribution is -2.17. The standard InChI is InChI=1S/C20H20N4OS2/c1-3-12-27-20-22-19-17(23-24-20)15-6-4-5-7-16(15)21-18(25-19)13-8-10-14(26-2)11-9-13/h4-11,18,21H,3,12H2,1-2H3/t18-/m0/s1. The van der Waals surface area contributed by atoms with Crippen molar-refractivity contribution in [3.63, 3.8) is 0 Å². The average molecular weight is 397 g/mol. The highest BCUT2D eigenvalue weighted by Crippen LogP contribution is 2.39. The molecule has 0 amide bonds. The number of nitrogens with zero attached hydrogens (tertiary/aromatic N) is 3. The molecule has 0 spiro atoms. The molecule has 0 saturated heterocycles. The summed E-state index contributed by atoms with van der Waals surface area (Å²) in [5.74, 6) is 1.47. The van der Waals surface area contributed by atoms with E-state index < -0.39 is 0 Å². The van der Waals surface area contributed by atoms with Crippen LogP contribution in [0, 0.1) is 0 Å². The van der Waals surface area contributed by atoms with Crippen molar-refractivity contribution in [1.82, 2.24) is 15.2 Å². The van der Waals surface area contributed by atoms with Crippen LogP contribution in [-0.4, -0.2) is 27.2 Å². The van der Waals surface area contributed by atoms with Gasteiger partial charge >= 0.3 is 0 Å². The second-order valence-electron chi connectivity index (χ2n) is 6.06. The highest BCUT2D eigenvalue weighted by atomic mass is 32.2. The van der Waals surface area contributed by atoms with E-state index in [9.17, 15) is 0 Å². The minimum Gasteiger partial charge on any atom is -0.448 e. The Hall–Kier alpha value is -2.25. The van der Waals surface area contributed by atoms with Crippen molar-refractivity contribution in [3.05, 3.63) is 54.1 Å². The molecule has 0 fully saturated rings. The Morgan fingerprint density at radius 1 is 1.07 bits per heavy atom. The van der Waals surface area contributed by atoms with E-state index in [1.165, 1.54) is 4.90 Å². The number of thioether (sulfide) groups is 2. The summed E-state index contributed by atoms with van der Waals surface area (Å²) in [6.45, 7) is 2.13. The normalized spacial score (nSPS) is 15.1. The average Bonchev–Trinajstić information content (AvgIpc) is 2.88. The summed E-state index contributed by atoms with van der Waals surface area (Å²) in [7, 11) is 0. The Labute approximate surface area is 167 Å². The van der Waals surface area contributed by atoms with Crippen molar-refractivity contribution in [3.8, 4) is 17.1 Å². The van der Waals surface area contributed by atoms with Crippen LogP contribution in [0.5, 0.6) is 5.88 Å². The monoisotopic (exact) mass is 396 g/mol. The van der Waals surface area contributed by atoms with Crippen LogP contribution in [0.25, 0.3) is 11.3 Å². The van der Waals surface area contributed by atoms with E-state index in [4.69, 9.17) is 4.74 Å². The van der Waals surface area contributed by atoms with Gasteiger partial charge in [0, 0.05) is 27.5 Å². The third-order valence-corrected chi connectivity index (χ3v) is 5.97. The largest absolute Gasteiger partial charge is 0.448 e. The summed E-state index contributed by atoms with van der Waals surface area (Å²) in [6.07, 6.45) is 2.78. The zero-order chi connectivity index (χ0) is 18.6. The maximum atomic E-state index is 6.27. The van der Waals surface area contributed by atoms with Gasteiger partial charge in [-0.1, -0.05) is 49.0 Å². The molecule has 0 saturated carbocycles. The predicted octanol–water partition coefficient (Wildman–Crippen LogP) is 5.27. The SMILES string of the molecule is CCCSc1nnc2c(n1)O[C@@H](c1ccc(SC)cc1)Nc1ccccc1-2. The molecule has 7 heteroatoms. The number of nitrogens with one attached hydrogen (secondary N) is 1. The maximum Gasteiger partial charge on any atom is 0.247 e. The summed E-state index contributed by atoms with van der Waals surface area (Å²) in [4.78, 5) is 5.86. The summed E-state index contributed by atoms with van der Waals surface area (Å²) in [5.41, 5.74) is 3.61. The van der Waals surface area contributed by atoms with Gasteiger partial charge in [0.1, 0.15) is 0 Å². The van der Waals surface area contributed by atoms with Crippen LogP contribution < -0.4 is 10.1 Å². The summed E-state index contributed by atoms with van der Waals surface area (Å²) < 4.78 is 6.27. The smallest absolute Gasteiger partial charge is 0.247 e. The van der Waals surface area contributed by atoms with E-state index in [2.05, 4.69) is 57.9 Å². The zero-order valence-electron chi connectivity index (χ0n) is 15.2. The van der Waals surface area contributed by atoms with Crippen LogP contribution in [0.4, 0.5) is 5.69 Å². The number of rotatable bonds is 5. The molecule has 2 heterocycles. The first-order valence-corrected chi connectivity index (χ1v) is 11.0. The second-order valence-corrected chi connectivity index (χ2v) is 8.00. The van der Waals surface area contributed by atoms with Gasteiger partial charge in [-0.25, -0.2) is 0 Å². The van der Waals surface area contributed by atoms with Crippen molar-refractivity contribution in [2.24, 2.45) is 0 Å². The zero-order valence-corrected chi connectivity index (χ0v) is 16.8. The summed E-state index contributed by atoms with van der Waals surface area (Å²) >= 11 is 3.32. The van der Waals surface area contributed by atoms with Crippen LogP contribution >= 0.6 is 23.5 Å². The Bertz CT molecular complexity index is 934. The molecule has 0 bridgehead atoms. The summed E-state index contributed by atoms with van der Waals surface area (Å²) in [6, 6.07) is 16.4. The molecule has 4 rings (SSSR count). The van der Waals surface area contributed by atoms with Gasteiger partial charge < -0.3 is 10.1 Å². The number of benzene rings is 2. The molecule has 3 aromatic rings. The molecule has 1 aliphatic heterocycles. The number of ether oxygens (including phenoxy) is 1. The van der Waals surface area contributed by atoms with Crippen molar-refractivity contribution in [2.45, 2.75) is 29.6 Å². The molecule has 1 N–H and O–H groups in total. The minimum atomic E-state index is -0.343. The Morgan fingerprint density at radius 2 is 1.89 bits per heavy atom. The Kier molecular flexibility index (Phi) is 5.50. The molecule has 1 atom stereocenters. The van der Waals surface area contributed by atoms with E-state index in [-0.39, 0.29) is 6.23 Å². The van der Waals surface area contributed by atoms with Gasteiger partial charge in [-0.05, 0) is 30.9 Å². The molecule has 138 valence electrons. The van der Waals surface area contributed by atoms with Crippen LogP contribution in [0.2, 0.25) is 0 Å². The molecule has 5 nitrogen and oxygen atoms in total. The molecule has 0 radical (unpaired) electrons. The quantitative estimate of drug-likeness (QED) is 0.590. The van der Waals surface area contributed by atoms with Gasteiger partial charge in [0.05, 0.1) is 0 Å². The number of aromatic nitrogens is 3. The number of anilines is 1. The fourth-order valence-corrected chi connectivity index (χ4v) is 3.87. The van der Waals surface area contributed by atoms with Gasteiger partial charge in [0.15, 0.2) is 11.9 Å². The van der Waals surface area contributed by atoms with Crippen molar-refractivity contribution < 1.29 is 4.74 Å². The molecule has 27 heavy (non-hydrogen) atoms. The van der Waals surface area contributed by atoms with E-state index in [0.29, 0.717) is 16.7 Å². The topological polar surface area (TPSA) is 59.9 Å². The number of para-hydroxylation sites is 1. The third-order valence-electron chi connectivity index (χ3n) is 4.19. The lowest BCUT2D eigenvalue weighted by Gasteiger charge is -2.19. The molecular weight excluding hydrogens is 376 g/mol. The van der Waals surface area contributed by atoms with E-state index in [0.717, 1.165) is 29.0 Å². The van der Waals surface area contributed by atoms with Crippen molar-refractivity contribution in [1.29, 1.82) is 0 Å². The lowest BCUT2D eigenvalue weighted by atomic mass is 10.1. The lowest BCUT2D eigenvalue weighted by molar-refractivity contribution is 0.225. The van der Waals surface area contributed by atoms with Gasteiger partial charge in [-0.2, -0.15) is 4.98 Å². The first kappa shape index (κ1) is 18.1. The number of hydrogen-bond acceptors (Lipinski definition) is 7. The molecular formula is C20H20N4OS2. The highest BCUT2D eigenvalue weighted by Gasteiger charge is 2.25. The van der Waals surface area contributed by atoms with E-state index in [1.807, 2.05) is 24.3 Å². The number of fused-ring (bicyclic) bond motifs is 3. The predicted molar refractivity (Wildman–Crippen MR) is 111 cm³/mol. The third kappa shape index (κ3) is 3.89. The van der Waals surface area contributed by atoms with Gasteiger partial charge in [0.2, 0.25) is 11.0 Å². The first-order chi connectivity index (χ1) is 13.3. The van der Waals surface area contributed by atoms with Crippen LogP contribution in [0.15, 0.2) is 58.6 Å². The maximum absolute atomic E-state index is 6.27. The Balaban J connectivity index is 1.75. The minimum absolute atomic E-state index is 0.343. The van der Waals surface area contributed by atoms with E-state index in [1.54, 1.807) is 23.5 Å².